The highest BCUT2D eigenvalue weighted by atomic mass is 35.5. The summed E-state index contributed by atoms with van der Waals surface area (Å²) >= 11 is 5.91. The summed E-state index contributed by atoms with van der Waals surface area (Å²) in [5.74, 6) is 0.0240. The van der Waals surface area contributed by atoms with Crippen LogP contribution in [0.3, 0.4) is 0 Å². The second-order valence-corrected chi connectivity index (χ2v) is 6.34. The highest BCUT2D eigenvalue weighted by molar-refractivity contribution is 6.32. The van der Waals surface area contributed by atoms with Crippen molar-refractivity contribution in [3.8, 4) is 5.75 Å². The van der Waals surface area contributed by atoms with E-state index in [9.17, 15) is 20.0 Å². The topological polar surface area (TPSA) is 93.6 Å². The van der Waals surface area contributed by atoms with Crippen LogP contribution in [-0.2, 0) is 6.42 Å². The zero-order chi connectivity index (χ0) is 18.8. The summed E-state index contributed by atoms with van der Waals surface area (Å²) in [5, 5.41) is 21.1. The molecule has 3 aromatic rings. The maximum atomic E-state index is 13.1. The van der Waals surface area contributed by atoms with Crippen molar-refractivity contribution >= 4 is 34.0 Å². The molecule has 0 unspecified atom stereocenters. The minimum atomic E-state index is -0.510. The van der Waals surface area contributed by atoms with Crippen LogP contribution in [0.15, 0.2) is 40.8 Å². The molecule has 0 amide bonds. The normalized spacial score (nSPS) is 11.0. The Hall–Kier alpha value is -2.86. The van der Waals surface area contributed by atoms with Crippen LogP contribution in [0.25, 0.3) is 11.0 Å². The predicted octanol–water partition coefficient (Wildman–Crippen LogP) is 5.27. The molecule has 1 aromatic heterocycles. The Morgan fingerprint density at radius 1 is 1.27 bits per heavy atom. The van der Waals surface area contributed by atoms with Crippen molar-refractivity contribution in [1.82, 2.24) is 0 Å². The van der Waals surface area contributed by atoms with Gasteiger partial charge in [-0.15, -0.1) is 0 Å². The van der Waals surface area contributed by atoms with Gasteiger partial charge < -0.3 is 9.52 Å². The van der Waals surface area contributed by atoms with Gasteiger partial charge in [0.25, 0.3) is 5.69 Å². The number of phenols is 1. The van der Waals surface area contributed by atoms with E-state index in [0.717, 1.165) is 12.8 Å². The quantitative estimate of drug-likeness (QED) is 0.360. The van der Waals surface area contributed by atoms with Gasteiger partial charge in [0, 0.05) is 29.5 Å². The number of rotatable bonds is 6. The maximum Gasteiger partial charge on any atom is 0.270 e. The Kier molecular flexibility index (Phi) is 4.95. The van der Waals surface area contributed by atoms with Gasteiger partial charge in [-0.25, -0.2) is 0 Å². The van der Waals surface area contributed by atoms with Gasteiger partial charge in [0.15, 0.2) is 5.78 Å². The minimum Gasteiger partial charge on any atom is -0.506 e. The molecule has 0 saturated heterocycles. The fourth-order valence-corrected chi connectivity index (χ4v) is 2.99. The van der Waals surface area contributed by atoms with Crippen molar-refractivity contribution in [3.63, 3.8) is 0 Å². The van der Waals surface area contributed by atoms with Crippen molar-refractivity contribution < 1.29 is 19.2 Å². The SMILES string of the molecule is CCCCc1oc2ccc([N+](=O)[O-])cc2c1C(=O)c1ccc(O)c(Cl)c1. The molecule has 6 nitrogen and oxygen atoms in total. The van der Waals surface area contributed by atoms with Crippen LogP contribution in [0.2, 0.25) is 5.02 Å². The predicted molar refractivity (Wildman–Crippen MR) is 98.0 cm³/mol. The molecule has 26 heavy (non-hydrogen) atoms. The molecule has 0 aliphatic heterocycles. The van der Waals surface area contributed by atoms with E-state index in [4.69, 9.17) is 16.0 Å². The number of carbonyl (C=O) groups excluding carboxylic acids is 1. The van der Waals surface area contributed by atoms with E-state index in [2.05, 4.69) is 0 Å². The van der Waals surface area contributed by atoms with E-state index in [-0.39, 0.29) is 27.8 Å². The van der Waals surface area contributed by atoms with Crippen molar-refractivity contribution in [2.24, 2.45) is 0 Å². The third-order valence-corrected chi connectivity index (χ3v) is 4.45. The second-order valence-electron chi connectivity index (χ2n) is 5.94. The van der Waals surface area contributed by atoms with Crippen molar-refractivity contribution in [2.75, 3.05) is 0 Å². The fourth-order valence-electron chi connectivity index (χ4n) is 2.80. The number of ketones is 1. The lowest BCUT2D eigenvalue weighted by Gasteiger charge is -2.04. The Morgan fingerprint density at radius 3 is 2.69 bits per heavy atom. The zero-order valence-corrected chi connectivity index (χ0v) is 14.7. The number of nitrogens with zero attached hydrogens (tertiary/aromatic N) is 1. The number of hydrogen-bond acceptors (Lipinski definition) is 5. The van der Waals surface area contributed by atoms with Crippen LogP contribution >= 0.6 is 11.6 Å². The summed E-state index contributed by atoms with van der Waals surface area (Å²) in [6, 6.07) is 8.38. The molecule has 0 spiro atoms. The number of benzene rings is 2. The first-order valence-corrected chi connectivity index (χ1v) is 8.53. The number of hydrogen-bond donors (Lipinski definition) is 1. The third kappa shape index (κ3) is 3.28. The molecule has 134 valence electrons. The van der Waals surface area contributed by atoms with Crippen LogP contribution in [-0.4, -0.2) is 15.8 Å². The van der Waals surface area contributed by atoms with Gasteiger partial charge in [0.1, 0.15) is 17.1 Å². The molecule has 0 fully saturated rings. The van der Waals surface area contributed by atoms with Crippen LogP contribution < -0.4 is 0 Å². The smallest absolute Gasteiger partial charge is 0.270 e. The Morgan fingerprint density at radius 2 is 2.04 bits per heavy atom. The standard InChI is InChI=1S/C19H16ClNO5/c1-2-3-4-17-18(19(23)11-5-7-15(22)14(20)9-11)13-10-12(21(24)25)6-8-16(13)26-17/h5-10,22H,2-4H2,1H3. The number of unbranched alkanes of at least 4 members (excludes halogenated alkanes) is 1. The Labute approximate surface area is 154 Å². The molecule has 2 aromatic carbocycles. The van der Waals surface area contributed by atoms with E-state index in [1.165, 1.54) is 36.4 Å². The molecule has 7 heteroatoms. The molecule has 1 N–H and O–H groups in total. The first-order chi connectivity index (χ1) is 12.4. The molecule has 0 aliphatic carbocycles. The molecule has 0 bridgehead atoms. The van der Waals surface area contributed by atoms with Gasteiger partial charge in [-0.2, -0.15) is 0 Å². The first kappa shape index (κ1) is 17.9. The molecular weight excluding hydrogens is 358 g/mol. The summed E-state index contributed by atoms with van der Waals surface area (Å²) in [4.78, 5) is 23.7. The highest BCUT2D eigenvalue weighted by Crippen LogP contribution is 2.33. The molecule has 0 aliphatic rings. The number of non-ortho nitro benzene ring substituents is 1. The largest absolute Gasteiger partial charge is 0.506 e. The van der Waals surface area contributed by atoms with E-state index >= 15 is 0 Å². The van der Waals surface area contributed by atoms with Gasteiger partial charge in [-0.05, 0) is 30.7 Å². The lowest BCUT2D eigenvalue weighted by atomic mass is 9.98. The van der Waals surface area contributed by atoms with Crippen LogP contribution in [0.1, 0.15) is 41.4 Å². The molecule has 0 saturated carbocycles. The molecular formula is C19H16ClNO5. The summed E-state index contributed by atoms with van der Waals surface area (Å²) in [7, 11) is 0. The van der Waals surface area contributed by atoms with E-state index in [1.807, 2.05) is 6.92 Å². The maximum absolute atomic E-state index is 13.1. The number of phenolic OH excluding ortho intramolecular Hbond substituents is 1. The monoisotopic (exact) mass is 373 g/mol. The van der Waals surface area contributed by atoms with E-state index in [0.29, 0.717) is 28.7 Å². The van der Waals surface area contributed by atoms with Gasteiger partial charge in [-0.3, -0.25) is 14.9 Å². The zero-order valence-electron chi connectivity index (χ0n) is 14.0. The number of furan rings is 1. The van der Waals surface area contributed by atoms with Crippen molar-refractivity contribution in [3.05, 3.63) is 68.4 Å². The molecule has 0 atom stereocenters. The Bertz CT molecular complexity index is 1010. The van der Waals surface area contributed by atoms with Gasteiger partial charge >= 0.3 is 0 Å². The summed E-state index contributed by atoms with van der Waals surface area (Å²) < 4.78 is 5.81. The average molecular weight is 374 g/mol. The minimum absolute atomic E-state index is 0.0599. The van der Waals surface area contributed by atoms with Crippen molar-refractivity contribution in [1.29, 1.82) is 0 Å². The van der Waals surface area contributed by atoms with Crippen LogP contribution in [0.4, 0.5) is 5.69 Å². The van der Waals surface area contributed by atoms with Crippen LogP contribution in [0.5, 0.6) is 5.75 Å². The number of aromatic hydroxyl groups is 1. The fraction of sp³-hybridized carbons (Fsp3) is 0.211. The number of nitro benzene ring substituents is 1. The number of fused-ring (bicyclic) bond motifs is 1. The number of carbonyl (C=O) groups is 1. The third-order valence-electron chi connectivity index (χ3n) is 4.15. The van der Waals surface area contributed by atoms with Crippen LogP contribution in [0, 0.1) is 10.1 Å². The number of nitro groups is 1. The van der Waals surface area contributed by atoms with E-state index < -0.39 is 4.92 Å². The second kappa shape index (κ2) is 7.17. The number of aryl methyl sites for hydroxylation is 1. The lowest BCUT2D eigenvalue weighted by Crippen LogP contribution is -2.04. The van der Waals surface area contributed by atoms with E-state index in [1.54, 1.807) is 0 Å². The van der Waals surface area contributed by atoms with Gasteiger partial charge in [-0.1, -0.05) is 24.9 Å². The Balaban J connectivity index is 2.19. The lowest BCUT2D eigenvalue weighted by molar-refractivity contribution is -0.384. The summed E-state index contributed by atoms with van der Waals surface area (Å²) in [6.07, 6.45) is 2.28. The van der Waals surface area contributed by atoms with Crippen molar-refractivity contribution in [2.45, 2.75) is 26.2 Å². The average Bonchev–Trinajstić information content (AvgIpc) is 2.98. The first-order valence-electron chi connectivity index (χ1n) is 8.15. The summed E-state index contributed by atoms with van der Waals surface area (Å²) in [5.41, 5.74) is 0.895. The van der Waals surface area contributed by atoms with Gasteiger partial charge in [0.05, 0.1) is 15.5 Å². The highest BCUT2D eigenvalue weighted by Gasteiger charge is 2.24. The van der Waals surface area contributed by atoms with Gasteiger partial charge in [0.2, 0.25) is 0 Å². The molecule has 3 rings (SSSR count). The summed E-state index contributed by atoms with van der Waals surface area (Å²) in [6.45, 7) is 2.02. The number of halogens is 1. The molecule has 1 heterocycles. The molecule has 0 radical (unpaired) electrons.